The molecule has 0 aliphatic heterocycles. The van der Waals surface area contributed by atoms with Gasteiger partial charge < -0.3 is 15.6 Å². The number of hydrogen-bond donors (Lipinski definition) is 2. The van der Waals surface area contributed by atoms with Crippen molar-refractivity contribution in [3.05, 3.63) is 29.8 Å². The summed E-state index contributed by atoms with van der Waals surface area (Å²) >= 11 is 0. The summed E-state index contributed by atoms with van der Waals surface area (Å²) in [5.41, 5.74) is 6.84. The molecule has 0 heterocycles. The molecule has 0 aliphatic rings. The average Bonchev–Trinajstić information content (AvgIpc) is 2.25. The molecule has 0 bridgehead atoms. The van der Waals surface area contributed by atoms with Gasteiger partial charge in [-0.25, -0.2) is 0 Å². The van der Waals surface area contributed by atoms with E-state index in [0.29, 0.717) is 18.6 Å². The van der Waals surface area contributed by atoms with Crippen molar-refractivity contribution in [1.82, 2.24) is 0 Å². The summed E-state index contributed by atoms with van der Waals surface area (Å²) in [6.45, 7) is 1.50. The number of rotatable bonds is 5. The molecule has 4 nitrogen and oxygen atoms in total. The first-order chi connectivity index (χ1) is 7.63. The van der Waals surface area contributed by atoms with Crippen molar-refractivity contribution < 1.29 is 14.6 Å². The molecule has 1 aromatic carbocycles. The lowest BCUT2D eigenvalue weighted by molar-refractivity contribution is -0.131. The second-order valence-electron chi connectivity index (χ2n) is 3.64. The van der Waals surface area contributed by atoms with Gasteiger partial charge in [-0.3, -0.25) is 4.79 Å². The number of hydrogen-bond acceptors (Lipinski definition) is 4. The Hall–Kier alpha value is -1.39. The first-order valence-electron chi connectivity index (χ1n) is 5.28. The van der Waals surface area contributed by atoms with Gasteiger partial charge in [0.2, 0.25) is 0 Å². The third-order valence-corrected chi connectivity index (χ3v) is 2.22. The van der Waals surface area contributed by atoms with Crippen LogP contribution >= 0.6 is 0 Å². The van der Waals surface area contributed by atoms with E-state index in [4.69, 9.17) is 15.6 Å². The Morgan fingerprint density at radius 1 is 1.56 bits per heavy atom. The number of aliphatic hydroxyl groups is 1. The van der Waals surface area contributed by atoms with Crippen molar-refractivity contribution in [2.75, 3.05) is 6.61 Å². The molecule has 0 fully saturated rings. The minimum atomic E-state index is -0.346. The Bertz CT molecular complexity index is 352. The summed E-state index contributed by atoms with van der Waals surface area (Å²) in [7, 11) is 0. The van der Waals surface area contributed by atoms with Gasteiger partial charge in [-0.2, -0.15) is 0 Å². The van der Waals surface area contributed by atoms with Crippen LogP contribution < -0.4 is 10.5 Å². The summed E-state index contributed by atoms with van der Waals surface area (Å²) in [6.07, 6.45) is 1.37. The molecule has 0 unspecified atom stereocenters. The fourth-order valence-electron chi connectivity index (χ4n) is 1.45. The summed E-state index contributed by atoms with van der Waals surface area (Å²) in [5, 5.41) is 8.71. The smallest absolute Gasteiger partial charge is 0.308 e. The highest BCUT2D eigenvalue weighted by Crippen LogP contribution is 2.20. The minimum absolute atomic E-state index is 0.136. The predicted molar refractivity (Wildman–Crippen MR) is 61.0 cm³/mol. The van der Waals surface area contributed by atoms with Crippen LogP contribution in [0, 0.1) is 0 Å². The van der Waals surface area contributed by atoms with Crippen LogP contribution in [0.1, 0.15) is 31.4 Å². The number of carbonyl (C=O) groups is 1. The largest absolute Gasteiger partial charge is 0.427 e. The van der Waals surface area contributed by atoms with Crippen LogP contribution in [-0.4, -0.2) is 17.7 Å². The molecule has 0 saturated heterocycles. The Labute approximate surface area is 95.0 Å². The highest BCUT2D eigenvalue weighted by molar-refractivity contribution is 5.69. The zero-order chi connectivity index (χ0) is 12.0. The van der Waals surface area contributed by atoms with E-state index in [1.54, 1.807) is 18.2 Å². The minimum Gasteiger partial charge on any atom is -0.427 e. The van der Waals surface area contributed by atoms with Gasteiger partial charge in [0.15, 0.2) is 0 Å². The molecule has 16 heavy (non-hydrogen) atoms. The quantitative estimate of drug-likeness (QED) is 0.584. The standard InChI is InChI=1S/C12H17NO3/c1-9(15)16-11-5-2-4-10(8-11)12(13)6-3-7-14/h2,4-5,8,12,14H,3,6-7,13H2,1H3/t12-/m0/s1. The summed E-state index contributed by atoms with van der Waals surface area (Å²) in [4.78, 5) is 10.8. The highest BCUT2D eigenvalue weighted by Gasteiger charge is 2.07. The molecule has 0 aromatic heterocycles. The Kier molecular flexibility index (Phi) is 4.95. The van der Waals surface area contributed by atoms with Crippen LogP contribution in [0.25, 0.3) is 0 Å². The van der Waals surface area contributed by atoms with Gasteiger partial charge in [0.05, 0.1) is 0 Å². The van der Waals surface area contributed by atoms with E-state index in [9.17, 15) is 4.79 Å². The van der Waals surface area contributed by atoms with Gasteiger partial charge in [-0.1, -0.05) is 12.1 Å². The Morgan fingerprint density at radius 2 is 2.31 bits per heavy atom. The first-order valence-corrected chi connectivity index (χ1v) is 5.28. The Balaban J connectivity index is 2.69. The van der Waals surface area contributed by atoms with E-state index in [-0.39, 0.29) is 18.6 Å². The number of ether oxygens (including phenoxy) is 1. The van der Waals surface area contributed by atoms with Crippen molar-refractivity contribution in [2.24, 2.45) is 5.73 Å². The SMILES string of the molecule is CC(=O)Oc1cccc([C@@H](N)CCCO)c1. The van der Waals surface area contributed by atoms with E-state index in [2.05, 4.69) is 0 Å². The number of aliphatic hydroxyl groups excluding tert-OH is 1. The number of nitrogens with two attached hydrogens (primary N) is 1. The van der Waals surface area contributed by atoms with Crippen LogP contribution in [0.5, 0.6) is 5.75 Å². The molecule has 1 aromatic rings. The van der Waals surface area contributed by atoms with Crippen molar-refractivity contribution in [2.45, 2.75) is 25.8 Å². The van der Waals surface area contributed by atoms with Crippen LogP contribution in [-0.2, 0) is 4.79 Å². The summed E-state index contributed by atoms with van der Waals surface area (Å²) < 4.78 is 4.97. The second-order valence-corrected chi connectivity index (χ2v) is 3.64. The normalized spacial score (nSPS) is 12.2. The molecular weight excluding hydrogens is 206 g/mol. The molecule has 0 radical (unpaired) electrons. The molecular formula is C12H17NO3. The first kappa shape index (κ1) is 12.7. The van der Waals surface area contributed by atoms with Gasteiger partial charge in [-0.15, -0.1) is 0 Å². The van der Waals surface area contributed by atoms with Crippen molar-refractivity contribution >= 4 is 5.97 Å². The third kappa shape index (κ3) is 4.00. The monoisotopic (exact) mass is 223 g/mol. The van der Waals surface area contributed by atoms with E-state index in [0.717, 1.165) is 5.56 Å². The zero-order valence-corrected chi connectivity index (χ0v) is 9.35. The molecule has 3 N–H and O–H groups in total. The molecule has 88 valence electrons. The van der Waals surface area contributed by atoms with Crippen LogP contribution in [0.3, 0.4) is 0 Å². The number of benzene rings is 1. The highest BCUT2D eigenvalue weighted by atomic mass is 16.5. The number of esters is 1. The molecule has 0 aliphatic carbocycles. The molecule has 1 rings (SSSR count). The zero-order valence-electron chi connectivity index (χ0n) is 9.35. The molecule has 0 amide bonds. The molecule has 4 heteroatoms. The fraction of sp³-hybridized carbons (Fsp3) is 0.417. The van der Waals surface area contributed by atoms with Crippen molar-refractivity contribution in [3.8, 4) is 5.75 Å². The maximum Gasteiger partial charge on any atom is 0.308 e. The predicted octanol–water partition coefficient (Wildman–Crippen LogP) is 1.38. The average molecular weight is 223 g/mol. The maximum atomic E-state index is 10.8. The van der Waals surface area contributed by atoms with Crippen LogP contribution in [0.2, 0.25) is 0 Å². The Morgan fingerprint density at radius 3 is 2.94 bits per heavy atom. The lowest BCUT2D eigenvalue weighted by Crippen LogP contribution is -2.11. The van der Waals surface area contributed by atoms with Crippen molar-refractivity contribution in [3.63, 3.8) is 0 Å². The van der Waals surface area contributed by atoms with E-state index in [1.165, 1.54) is 6.92 Å². The molecule has 1 atom stereocenters. The van der Waals surface area contributed by atoms with Crippen LogP contribution in [0.15, 0.2) is 24.3 Å². The summed E-state index contributed by atoms with van der Waals surface area (Å²) in [5.74, 6) is 0.158. The topological polar surface area (TPSA) is 72.5 Å². The van der Waals surface area contributed by atoms with Gasteiger partial charge in [-0.05, 0) is 30.5 Å². The van der Waals surface area contributed by atoms with E-state index in [1.807, 2.05) is 6.07 Å². The lowest BCUT2D eigenvalue weighted by Gasteiger charge is -2.12. The van der Waals surface area contributed by atoms with Crippen molar-refractivity contribution in [1.29, 1.82) is 0 Å². The van der Waals surface area contributed by atoms with E-state index >= 15 is 0 Å². The third-order valence-electron chi connectivity index (χ3n) is 2.22. The molecule has 0 spiro atoms. The maximum absolute atomic E-state index is 10.8. The van der Waals surface area contributed by atoms with Gasteiger partial charge in [0, 0.05) is 19.6 Å². The second kappa shape index (κ2) is 6.25. The molecule has 0 saturated carbocycles. The fourth-order valence-corrected chi connectivity index (χ4v) is 1.45. The summed E-state index contributed by atoms with van der Waals surface area (Å²) in [6, 6.07) is 7.01. The lowest BCUT2D eigenvalue weighted by atomic mass is 10.0. The van der Waals surface area contributed by atoms with Gasteiger partial charge in [0.25, 0.3) is 0 Å². The van der Waals surface area contributed by atoms with Gasteiger partial charge in [0.1, 0.15) is 5.75 Å². The van der Waals surface area contributed by atoms with E-state index < -0.39 is 0 Å². The number of carbonyl (C=O) groups excluding carboxylic acids is 1. The van der Waals surface area contributed by atoms with Crippen LogP contribution in [0.4, 0.5) is 0 Å². The van der Waals surface area contributed by atoms with Gasteiger partial charge >= 0.3 is 5.97 Å².